The fourth-order valence-corrected chi connectivity index (χ4v) is 7.47. The topological polar surface area (TPSA) is 3.24 Å². The van der Waals surface area contributed by atoms with Crippen molar-refractivity contribution in [1.29, 1.82) is 0 Å². The zero-order valence-electron chi connectivity index (χ0n) is 29.3. The predicted octanol–water partition coefficient (Wildman–Crippen LogP) is 14.6. The van der Waals surface area contributed by atoms with Crippen LogP contribution in [0.3, 0.4) is 0 Å². The van der Waals surface area contributed by atoms with Gasteiger partial charge in [0.2, 0.25) is 0 Å². The van der Waals surface area contributed by atoms with Gasteiger partial charge in [0.05, 0.1) is 5.69 Å². The molecule has 0 fully saturated rings. The normalized spacial score (nSPS) is 11.0. The number of hydrogen-bond acceptors (Lipinski definition) is 1. The Bertz CT molecular complexity index is 2640. The summed E-state index contributed by atoms with van der Waals surface area (Å²) in [6, 6.07) is 80.8. The summed E-state index contributed by atoms with van der Waals surface area (Å²) in [6.07, 6.45) is 0. The summed E-state index contributed by atoms with van der Waals surface area (Å²) >= 11 is 0. The van der Waals surface area contributed by atoms with Crippen molar-refractivity contribution in [2.24, 2.45) is 0 Å². The smallest absolute Gasteiger partial charge is 0.0540 e. The lowest BCUT2D eigenvalue weighted by Gasteiger charge is -2.29. The largest absolute Gasteiger partial charge is 0.310 e. The van der Waals surface area contributed by atoms with Gasteiger partial charge in [0.25, 0.3) is 0 Å². The Hall–Kier alpha value is -6.96. The van der Waals surface area contributed by atoms with Gasteiger partial charge in [-0.3, -0.25) is 0 Å². The van der Waals surface area contributed by atoms with E-state index in [9.17, 15) is 0 Å². The fourth-order valence-electron chi connectivity index (χ4n) is 7.47. The van der Waals surface area contributed by atoms with Crippen LogP contribution in [-0.2, 0) is 0 Å². The van der Waals surface area contributed by atoms with Crippen LogP contribution in [0.4, 0.5) is 17.1 Å². The Balaban J connectivity index is 1.18. The molecule has 0 aliphatic rings. The quantitative estimate of drug-likeness (QED) is 0.155. The van der Waals surface area contributed by atoms with Gasteiger partial charge in [0.1, 0.15) is 0 Å². The molecule has 1 heteroatoms. The van der Waals surface area contributed by atoms with Crippen LogP contribution in [0.5, 0.6) is 0 Å². The maximum atomic E-state index is 2.40. The van der Waals surface area contributed by atoms with Gasteiger partial charge in [-0.25, -0.2) is 0 Å². The van der Waals surface area contributed by atoms with E-state index in [1.807, 2.05) is 0 Å². The van der Waals surface area contributed by atoms with E-state index in [0.717, 1.165) is 22.6 Å². The predicted molar refractivity (Wildman–Crippen MR) is 226 cm³/mol. The third kappa shape index (κ3) is 6.42. The molecule has 0 aliphatic heterocycles. The molecule has 1 nitrogen and oxygen atoms in total. The summed E-state index contributed by atoms with van der Waals surface area (Å²) in [6.45, 7) is 0. The lowest BCUT2D eigenvalue weighted by atomic mass is 9.88. The second kappa shape index (κ2) is 14.3. The van der Waals surface area contributed by atoms with Gasteiger partial charge in [-0.15, -0.1) is 0 Å². The van der Waals surface area contributed by atoms with Gasteiger partial charge in [0.15, 0.2) is 0 Å². The number of rotatable bonds is 8. The van der Waals surface area contributed by atoms with Crippen LogP contribution >= 0.6 is 0 Å². The van der Waals surface area contributed by atoms with E-state index in [4.69, 9.17) is 0 Å². The summed E-state index contributed by atoms with van der Waals surface area (Å²) < 4.78 is 0. The lowest BCUT2D eigenvalue weighted by molar-refractivity contribution is 1.29. The first-order chi connectivity index (χ1) is 26.3. The van der Waals surface area contributed by atoms with Crippen molar-refractivity contribution in [3.63, 3.8) is 0 Å². The van der Waals surface area contributed by atoms with Gasteiger partial charge in [-0.2, -0.15) is 0 Å². The summed E-state index contributed by atoms with van der Waals surface area (Å²) in [5.41, 5.74) is 15.3. The minimum Gasteiger partial charge on any atom is -0.310 e. The molecule has 0 atom stereocenters. The zero-order chi connectivity index (χ0) is 35.4. The molecule has 9 aromatic carbocycles. The van der Waals surface area contributed by atoms with Crippen molar-refractivity contribution >= 4 is 27.8 Å². The van der Waals surface area contributed by atoms with E-state index in [0.29, 0.717) is 0 Å². The maximum absolute atomic E-state index is 2.40. The molecule has 0 bridgehead atoms. The number of fused-ring (bicyclic) bond motifs is 1. The number of para-hydroxylation sites is 1. The third-order valence-corrected chi connectivity index (χ3v) is 10.1. The average molecular weight is 676 g/mol. The van der Waals surface area contributed by atoms with Crippen LogP contribution in [0.2, 0.25) is 0 Å². The molecule has 0 amide bonds. The van der Waals surface area contributed by atoms with E-state index in [-0.39, 0.29) is 0 Å². The van der Waals surface area contributed by atoms with Gasteiger partial charge >= 0.3 is 0 Å². The highest BCUT2D eigenvalue weighted by Gasteiger charge is 2.20. The van der Waals surface area contributed by atoms with Crippen molar-refractivity contribution in [2.45, 2.75) is 0 Å². The van der Waals surface area contributed by atoms with Crippen LogP contribution in [0, 0.1) is 0 Å². The van der Waals surface area contributed by atoms with Crippen LogP contribution in [0.15, 0.2) is 224 Å². The molecular formula is C52H37N. The first-order valence-electron chi connectivity index (χ1n) is 18.2. The van der Waals surface area contributed by atoms with E-state index < -0.39 is 0 Å². The Labute approximate surface area is 311 Å². The minimum absolute atomic E-state index is 1.10. The Morgan fingerprint density at radius 3 is 1.25 bits per heavy atom. The molecule has 0 unspecified atom stereocenters. The molecule has 0 spiro atoms. The molecule has 0 aliphatic carbocycles. The molecule has 0 aromatic heterocycles. The maximum Gasteiger partial charge on any atom is 0.0540 e. The van der Waals surface area contributed by atoms with Crippen molar-refractivity contribution in [2.75, 3.05) is 4.90 Å². The lowest BCUT2D eigenvalue weighted by Crippen LogP contribution is -2.11. The molecule has 0 saturated heterocycles. The van der Waals surface area contributed by atoms with Crippen LogP contribution in [0.25, 0.3) is 66.4 Å². The average Bonchev–Trinajstić information content (AvgIpc) is 3.25. The Kier molecular flexibility index (Phi) is 8.66. The second-order valence-corrected chi connectivity index (χ2v) is 13.3. The summed E-state index contributed by atoms with van der Waals surface area (Å²) in [4.78, 5) is 2.40. The number of nitrogens with zero attached hydrogens (tertiary/aromatic N) is 1. The summed E-state index contributed by atoms with van der Waals surface area (Å²) in [5, 5.41) is 2.43. The van der Waals surface area contributed by atoms with Gasteiger partial charge < -0.3 is 4.90 Å². The standard InChI is InChI=1S/C52H37N/c1-3-15-38(16-4-1)41-27-29-43(30-28-41)47-21-9-10-22-48(47)49-23-11-12-24-50(49)51-25-13-14-26-52(51)53(46-36-33-40-19-7-8-20-44(40)37-46)45-34-31-42(32-35-45)39-17-5-2-6-18-39/h1-37H. The zero-order valence-corrected chi connectivity index (χ0v) is 29.3. The molecule has 0 saturated carbocycles. The highest BCUT2D eigenvalue weighted by molar-refractivity contribution is 5.98. The van der Waals surface area contributed by atoms with E-state index >= 15 is 0 Å². The molecular weight excluding hydrogens is 639 g/mol. The first kappa shape index (κ1) is 32.0. The molecule has 250 valence electrons. The van der Waals surface area contributed by atoms with Crippen LogP contribution in [0.1, 0.15) is 0 Å². The molecule has 0 heterocycles. The highest BCUT2D eigenvalue weighted by Crippen LogP contribution is 2.45. The first-order valence-corrected chi connectivity index (χ1v) is 18.2. The molecule has 9 aromatic rings. The summed E-state index contributed by atoms with van der Waals surface area (Å²) in [7, 11) is 0. The third-order valence-electron chi connectivity index (χ3n) is 10.1. The van der Waals surface area contributed by atoms with E-state index in [1.54, 1.807) is 0 Å². The Morgan fingerprint density at radius 1 is 0.226 bits per heavy atom. The molecule has 0 radical (unpaired) electrons. The van der Waals surface area contributed by atoms with Gasteiger partial charge in [0, 0.05) is 16.9 Å². The monoisotopic (exact) mass is 675 g/mol. The number of hydrogen-bond donors (Lipinski definition) is 0. The van der Waals surface area contributed by atoms with Gasteiger partial charge in [-0.1, -0.05) is 194 Å². The second-order valence-electron chi connectivity index (χ2n) is 13.3. The fraction of sp³-hybridized carbons (Fsp3) is 0. The van der Waals surface area contributed by atoms with E-state index in [1.165, 1.54) is 60.8 Å². The van der Waals surface area contributed by atoms with Crippen LogP contribution < -0.4 is 4.90 Å². The molecule has 9 rings (SSSR count). The molecule has 0 N–H and O–H groups in total. The Morgan fingerprint density at radius 2 is 0.623 bits per heavy atom. The van der Waals surface area contributed by atoms with Gasteiger partial charge in [-0.05, 0) is 91.2 Å². The number of anilines is 3. The van der Waals surface area contributed by atoms with Crippen molar-refractivity contribution in [1.82, 2.24) is 0 Å². The number of benzene rings is 9. The SMILES string of the molecule is c1ccc(-c2ccc(-c3ccccc3-c3ccccc3-c3ccccc3N(c3ccc(-c4ccccc4)cc3)c3ccc4ccccc4c3)cc2)cc1. The summed E-state index contributed by atoms with van der Waals surface area (Å²) in [5.74, 6) is 0. The van der Waals surface area contributed by atoms with Crippen molar-refractivity contribution in [3.05, 3.63) is 224 Å². The van der Waals surface area contributed by atoms with E-state index in [2.05, 4.69) is 229 Å². The van der Waals surface area contributed by atoms with Crippen LogP contribution in [-0.4, -0.2) is 0 Å². The highest BCUT2D eigenvalue weighted by atomic mass is 15.1. The molecule has 53 heavy (non-hydrogen) atoms. The minimum atomic E-state index is 1.10. The van der Waals surface area contributed by atoms with Crippen molar-refractivity contribution < 1.29 is 0 Å². The van der Waals surface area contributed by atoms with Crippen molar-refractivity contribution in [3.8, 4) is 55.6 Å².